The lowest BCUT2D eigenvalue weighted by Gasteiger charge is -2.18. The molecule has 1 aromatic rings. The first kappa shape index (κ1) is 17.6. The van der Waals surface area contributed by atoms with Crippen molar-refractivity contribution in [2.24, 2.45) is 0 Å². The van der Waals surface area contributed by atoms with Crippen LogP contribution < -0.4 is 9.47 Å². The standard InChI is InChI=1S/C15H20F4O2/c1-3-5-6-10-20-11-7-8-12(14(17)13(11)16)21-15(18,19)9-4-2/h7-8H,3-6,9-10H2,1-2H3. The van der Waals surface area contributed by atoms with E-state index < -0.39 is 29.9 Å². The Morgan fingerprint density at radius 1 is 0.952 bits per heavy atom. The van der Waals surface area contributed by atoms with Crippen molar-refractivity contribution in [3.05, 3.63) is 23.8 Å². The Morgan fingerprint density at radius 3 is 2.19 bits per heavy atom. The van der Waals surface area contributed by atoms with Crippen LogP contribution >= 0.6 is 0 Å². The van der Waals surface area contributed by atoms with Crippen LogP contribution in [0.25, 0.3) is 0 Å². The molecular formula is C15H20F4O2. The second-order valence-electron chi connectivity index (χ2n) is 4.73. The lowest BCUT2D eigenvalue weighted by atomic mass is 10.2. The molecule has 1 aromatic carbocycles. The molecule has 0 saturated heterocycles. The van der Waals surface area contributed by atoms with Crippen LogP contribution in [0.1, 0.15) is 46.0 Å². The first-order chi connectivity index (χ1) is 9.91. The van der Waals surface area contributed by atoms with Gasteiger partial charge in [0.15, 0.2) is 11.5 Å². The van der Waals surface area contributed by atoms with E-state index in [1.165, 1.54) is 0 Å². The minimum atomic E-state index is -3.52. The van der Waals surface area contributed by atoms with E-state index in [0.29, 0.717) is 6.42 Å². The van der Waals surface area contributed by atoms with Crippen LogP contribution in [0.3, 0.4) is 0 Å². The van der Waals surface area contributed by atoms with Gasteiger partial charge in [0.2, 0.25) is 11.6 Å². The Morgan fingerprint density at radius 2 is 1.57 bits per heavy atom. The molecule has 0 N–H and O–H groups in total. The van der Waals surface area contributed by atoms with Gasteiger partial charge >= 0.3 is 6.11 Å². The summed E-state index contributed by atoms with van der Waals surface area (Å²) in [6.45, 7) is 3.79. The molecule has 0 amide bonds. The monoisotopic (exact) mass is 308 g/mol. The molecule has 0 unspecified atom stereocenters. The molecule has 21 heavy (non-hydrogen) atoms. The molecule has 0 spiro atoms. The van der Waals surface area contributed by atoms with Crippen LogP contribution in [0.15, 0.2) is 12.1 Å². The number of benzene rings is 1. The van der Waals surface area contributed by atoms with E-state index in [9.17, 15) is 17.6 Å². The average molecular weight is 308 g/mol. The highest BCUT2D eigenvalue weighted by atomic mass is 19.3. The van der Waals surface area contributed by atoms with Crippen molar-refractivity contribution < 1.29 is 27.0 Å². The Bertz CT molecular complexity index is 450. The topological polar surface area (TPSA) is 18.5 Å². The summed E-state index contributed by atoms with van der Waals surface area (Å²) in [5.41, 5.74) is 0. The molecule has 0 aliphatic carbocycles. The predicted molar refractivity (Wildman–Crippen MR) is 71.9 cm³/mol. The van der Waals surface area contributed by atoms with Crippen molar-refractivity contribution in [1.82, 2.24) is 0 Å². The maximum Gasteiger partial charge on any atom is 0.397 e. The summed E-state index contributed by atoms with van der Waals surface area (Å²) in [5.74, 6) is -3.88. The molecule has 2 nitrogen and oxygen atoms in total. The maximum atomic E-state index is 13.7. The zero-order valence-corrected chi connectivity index (χ0v) is 12.2. The van der Waals surface area contributed by atoms with E-state index in [-0.39, 0.29) is 18.8 Å². The third kappa shape index (κ3) is 5.44. The number of alkyl halides is 2. The van der Waals surface area contributed by atoms with Gasteiger partial charge in [-0.15, -0.1) is 0 Å². The van der Waals surface area contributed by atoms with Crippen molar-refractivity contribution in [3.63, 3.8) is 0 Å². The van der Waals surface area contributed by atoms with E-state index in [4.69, 9.17) is 4.74 Å². The van der Waals surface area contributed by atoms with Gasteiger partial charge in [-0.1, -0.05) is 26.7 Å². The summed E-state index contributed by atoms with van der Waals surface area (Å²) in [7, 11) is 0. The maximum absolute atomic E-state index is 13.7. The summed E-state index contributed by atoms with van der Waals surface area (Å²) >= 11 is 0. The van der Waals surface area contributed by atoms with Gasteiger partial charge in [-0.2, -0.15) is 17.6 Å². The number of ether oxygens (including phenoxy) is 2. The molecule has 0 atom stereocenters. The lowest BCUT2D eigenvalue weighted by Crippen LogP contribution is -2.24. The summed E-state index contributed by atoms with van der Waals surface area (Å²) in [4.78, 5) is 0. The third-order valence-corrected chi connectivity index (χ3v) is 2.82. The van der Waals surface area contributed by atoms with Crippen molar-refractivity contribution in [3.8, 4) is 11.5 Å². The highest BCUT2D eigenvalue weighted by molar-refractivity contribution is 5.35. The van der Waals surface area contributed by atoms with Gasteiger partial charge in [0.1, 0.15) is 0 Å². The van der Waals surface area contributed by atoms with Crippen molar-refractivity contribution in [2.75, 3.05) is 6.61 Å². The fourth-order valence-electron chi connectivity index (χ4n) is 1.74. The third-order valence-electron chi connectivity index (χ3n) is 2.82. The molecule has 6 heteroatoms. The molecule has 0 bridgehead atoms. The highest BCUT2D eigenvalue weighted by Crippen LogP contribution is 2.32. The molecule has 0 fully saturated rings. The van der Waals surface area contributed by atoms with Crippen LogP contribution in [0, 0.1) is 11.6 Å². The van der Waals surface area contributed by atoms with E-state index >= 15 is 0 Å². The first-order valence-electron chi connectivity index (χ1n) is 7.09. The Labute approximate surface area is 122 Å². The van der Waals surface area contributed by atoms with Gasteiger partial charge in [-0.05, 0) is 25.0 Å². The second-order valence-corrected chi connectivity index (χ2v) is 4.73. The summed E-state index contributed by atoms with van der Waals surface area (Å²) in [6, 6.07) is 2.05. The summed E-state index contributed by atoms with van der Waals surface area (Å²) < 4.78 is 63.3. The van der Waals surface area contributed by atoms with E-state index in [1.54, 1.807) is 6.92 Å². The van der Waals surface area contributed by atoms with Crippen LogP contribution in [0.5, 0.6) is 11.5 Å². The average Bonchev–Trinajstić information content (AvgIpc) is 2.42. The largest absolute Gasteiger partial charge is 0.490 e. The van der Waals surface area contributed by atoms with Gasteiger partial charge in [0.25, 0.3) is 0 Å². The van der Waals surface area contributed by atoms with Crippen LogP contribution in [-0.4, -0.2) is 12.7 Å². The molecule has 0 aliphatic rings. The summed E-state index contributed by atoms with van der Waals surface area (Å²) in [6.07, 6.45) is -1.33. The quantitative estimate of drug-likeness (QED) is 0.455. The molecule has 0 aromatic heterocycles. The van der Waals surface area contributed by atoms with Gasteiger partial charge in [0, 0.05) is 0 Å². The van der Waals surface area contributed by atoms with Crippen LogP contribution in [0.2, 0.25) is 0 Å². The second kappa shape index (κ2) is 8.10. The van der Waals surface area contributed by atoms with Crippen LogP contribution in [0.4, 0.5) is 17.6 Å². The Hall–Kier alpha value is -1.46. The van der Waals surface area contributed by atoms with Crippen molar-refractivity contribution >= 4 is 0 Å². The fourth-order valence-corrected chi connectivity index (χ4v) is 1.74. The molecule has 0 heterocycles. The zero-order chi connectivity index (χ0) is 15.9. The van der Waals surface area contributed by atoms with Gasteiger partial charge in [-0.3, -0.25) is 0 Å². The molecule has 0 radical (unpaired) electrons. The van der Waals surface area contributed by atoms with Gasteiger partial charge in [0.05, 0.1) is 13.0 Å². The van der Waals surface area contributed by atoms with Crippen molar-refractivity contribution in [2.45, 2.75) is 52.1 Å². The van der Waals surface area contributed by atoms with Gasteiger partial charge in [-0.25, -0.2) is 0 Å². The minimum Gasteiger partial charge on any atom is -0.490 e. The zero-order valence-electron chi connectivity index (χ0n) is 12.2. The number of unbranched alkanes of at least 4 members (excludes halogenated alkanes) is 2. The number of hydrogen-bond donors (Lipinski definition) is 0. The minimum absolute atomic E-state index is 0.162. The van der Waals surface area contributed by atoms with Gasteiger partial charge < -0.3 is 9.47 Å². The first-order valence-corrected chi connectivity index (χ1v) is 7.09. The lowest BCUT2D eigenvalue weighted by molar-refractivity contribution is -0.182. The van der Waals surface area contributed by atoms with E-state index in [0.717, 1.165) is 25.0 Å². The normalized spacial score (nSPS) is 11.5. The number of rotatable bonds is 9. The fraction of sp³-hybridized carbons (Fsp3) is 0.600. The highest BCUT2D eigenvalue weighted by Gasteiger charge is 2.32. The molecule has 0 aliphatic heterocycles. The summed E-state index contributed by atoms with van der Waals surface area (Å²) in [5, 5.41) is 0. The van der Waals surface area contributed by atoms with E-state index in [2.05, 4.69) is 4.74 Å². The molecular weight excluding hydrogens is 288 g/mol. The Balaban J connectivity index is 2.75. The molecule has 0 saturated carbocycles. The number of hydrogen-bond acceptors (Lipinski definition) is 2. The van der Waals surface area contributed by atoms with Crippen LogP contribution in [-0.2, 0) is 0 Å². The van der Waals surface area contributed by atoms with Crippen molar-refractivity contribution in [1.29, 1.82) is 0 Å². The number of halogens is 4. The predicted octanol–water partition coefficient (Wildman–Crippen LogP) is 5.31. The smallest absolute Gasteiger partial charge is 0.397 e. The molecule has 1 rings (SSSR count). The molecule has 120 valence electrons. The van der Waals surface area contributed by atoms with E-state index in [1.807, 2.05) is 6.92 Å². The SMILES string of the molecule is CCCCCOc1ccc(OC(F)(F)CCC)c(F)c1F. The Kier molecular flexibility index (Phi) is 6.78.